The summed E-state index contributed by atoms with van der Waals surface area (Å²) in [6.45, 7) is 2.04. The van der Waals surface area contributed by atoms with Gasteiger partial charge in [0.15, 0.2) is 5.82 Å². The second-order valence-corrected chi connectivity index (χ2v) is 8.04. The van der Waals surface area contributed by atoms with Gasteiger partial charge < -0.3 is 4.90 Å². The molecular formula is C25H18ClN5. The van der Waals surface area contributed by atoms with Crippen molar-refractivity contribution >= 4 is 35.0 Å². The number of fused-ring (bicyclic) bond motifs is 4. The summed E-state index contributed by atoms with van der Waals surface area (Å²) in [4.78, 5) is 12.0. The number of nitrogens with zero attached hydrogens (tertiary/aromatic N) is 5. The summed E-state index contributed by atoms with van der Waals surface area (Å²) < 4.78 is 1.90. The third-order valence-electron chi connectivity index (χ3n) is 5.73. The Morgan fingerprint density at radius 3 is 2.52 bits per heavy atom. The first-order valence-corrected chi connectivity index (χ1v) is 10.5. The van der Waals surface area contributed by atoms with E-state index in [0.717, 1.165) is 45.5 Å². The van der Waals surface area contributed by atoms with Gasteiger partial charge in [0.25, 0.3) is 0 Å². The van der Waals surface area contributed by atoms with Gasteiger partial charge in [0.1, 0.15) is 11.9 Å². The third kappa shape index (κ3) is 2.81. The summed E-state index contributed by atoms with van der Waals surface area (Å²) in [5.74, 6) is 1.70. The molecule has 0 fully saturated rings. The number of pyridine rings is 1. The highest BCUT2D eigenvalue weighted by atomic mass is 35.5. The number of hydrogen-bond donors (Lipinski definition) is 0. The molecule has 0 saturated carbocycles. The van der Waals surface area contributed by atoms with Gasteiger partial charge in [-0.1, -0.05) is 35.9 Å². The van der Waals surface area contributed by atoms with Crippen LogP contribution in [0.15, 0.2) is 84.0 Å². The number of aromatic nitrogens is 3. The normalized spacial score (nSPS) is 16.4. The van der Waals surface area contributed by atoms with Crippen molar-refractivity contribution in [1.82, 2.24) is 14.8 Å². The van der Waals surface area contributed by atoms with Gasteiger partial charge in [0.2, 0.25) is 0 Å². The Balaban J connectivity index is 1.63. The van der Waals surface area contributed by atoms with E-state index in [0.29, 0.717) is 5.02 Å². The molecule has 0 N–H and O–H groups in total. The third-order valence-corrected chi connectivity index (χ3v) is 5.98. The Morgan fingerprint density at radius 1 is 0.903 bits per heavy atom. The predicted molar refractivity (Wildman–Crippen MR) is 124 cm³/mol. The lowest BCUT2D eigenvalue weighted by molar-refractivity contribution is 0.784. The topological polar surface area (TPSA) is 46.3 Å². The van der Waals surface area contributed by atoms with Gasteiger partial charge in [-0.25, -0.2) is 9.67 Å². The minimum absolute atomic E-state index is 0.129. The van der Waals surface area contributed by atoms with Crippen molar-refractivity contribution in [3.05, 3.63) is 107 Å². The predicted octanol–water partition coefficient (Wildman–Crippen LogP) is 5.90. The van der Waals surface area contributed by atoms with E-state index >= 15 is 0 Å². The fourth-order valence-electron chi connectivity index (χ4n) is 4.35. The zero-order chi connectivity index (χ0) is 20.9. The summed E-state index contributed by atoms with van der Waals surface area (Å²) in [5.41, 5.74) is 6.14. The van der Waals surface area contributed by atoms with Crippen LogP contribution in [0.1, 0.15) is 28.6 Å². The van der Waals surface area contributed by atoms with Gasteiger partial charge in [-0.05, 0) is 67.1 Å². The van der Waals surface area contributed by atoms with Crippen LogP contribution in [0.3, 0.4) is 0 Å². The lowest BCUT2D eigenvalue weighted by Crippen LogP contribution is -2.39. The highest BCUT2D eigenvalue weighted by Crippen LogP contribution is 2.46. The van der Waals surface area contributed by atoms with Gasteiger partial charge >= 0.3 is 0 Å². The maximum absolute atomic E-state index is 6.11. The largest absolute Gasteiger partial charge is 0.312 e. The van der Waals surface area contributed by atoms with Crippen LogP contribution in [0.2, 0.25) is 5.02 Å². The Kier molecular flexibility index (Phi) is 4.04. The number of aryl methyl sites for hydroxylation is 1. The number of amidine groups is 1. The van der Waals surface area contributed by atoms with Crippen LogP contribution in [0, 0.1) is 6.92 Å². The van der Waals surface area contributed by atoms with Crippen LogP contribution in [0.25, 0.3) is 11.8 Å². The first kappa shape index (κ1) is 18.1. The molecule has 2 aromatic carbocycles. The van der Waals surface area contributed by atoms with E-state index in [-0.39, 0.29) is 6.04 Å². The molecule has 0 aliphatic carbocycles. The van der Waals surface area contributed by atoms with Crippen molar-refractivity contribution in [2.24, 2.45) is 4.99 Å². The van der Waals surface area contributed by atoms with Gasteiger partial charge in [0, 0.05) is 16.8 Å². The van der Waals surface area contributed by atoms with Gasteiger partial charge in [0.05, 0.1) is 22.8 Å². The molecule has 2 aliphatic rings. The maximum atomic E-state index is 6.11. The van der Waals surface area contributed by atoms with Crippen molar-refractivity contribution in [2.45, 2.75) is 13.0 Å². The van der Waals surface area contributed by atoms with E-state index < -0.39 is 0 Å². The number of anilines is 1. The first-order chi connectivity index (χ1) is 15.2. The minimum atomic E-state index is -0.129. The summed E-state index contributed by atoms with van der Waals surface area (Å²) in [6.07, 6.45) is 6.02. The van der Waals surface area contributed by atoms with E-state index in [1.165, 1.54) is 0 Å². The second-order valence-electron chi connectivity index (χ2n) is 7.60. The van der Waals surface area contributed by atoms with Crippen LogP contribution in [0.4, 0.5) is 11.5 Å². The molecule has 6 rings (SSSR count). The number of aliphatic imine (C=N–C) groups is 1. The Morgan fingerprint density at radius 2 is 1.71 bits per heavy atom. The lowest BCUT2D eigenvalue weighted by atomic mass is 9.95. The number of rotatable bonds is 2. The zero-order valence-corrected chi connectivity index (χ0v) is 17.5. The van der Waals surface area contributed by atoms with Crippen molar-refractivity contribution in [2.75, 3.05) is 4.90 Å². The van der Waals surface area contributed by atoms with E-state index in [9.17, 15) is 0 Å². The highest BCUT2D eigenvalue weighted by molar-refractivity contribution is 6.30. The quantitative estimate of drug-likeness (QED) is 0.403. The van der Waals surface area contributed by atoms with Crippen molar-refractivity contribution < 1.29 is 0 Å². The molecule has 5 nitrogen and oxygen atoms in total. The molecule has 0 amide bonds. The molecule has 31 heavy (non-hydrogen) atoms. The molecule has 0 spiro atoms. The molecule has 4 aromatic rings. The van der Waals surface area contributed by atoms with E-state index in [1.807, 2.05) is 54.2 Å². The molecule has 0 saturated heterocycles. The van der Waals surface area contributed by atoms with Crippen LogP contribution < -0.4 is 4.90 Å². The van der Waals surface area contributed by atoms with Gasteiger partial charge in [-0.3, -0.25) is 4.98 Å². The van der Waals surface area contributed by atoms with E-state index in [1.54, 1.807) is 0 Å². The number of hydrogen-bond acceptors (Lipinski definition) is 4. The van der Waals surface area contributed by atoms with Crippen LogP contribution in [-0.4, -0.2) is 20.6 Å². The fourth-order valence-corrected chi connectivity index (χ4v) is 4.48. The van der Waals surface area contributed by atoms with E-state index in [2.05, 4.69) is 47.4 Å². The molecule has 4 heterocycles. The number of para-hydroxylation sites is 1. The summed E-state index contributed by atoms with van der Waals surface area (Å²) in [6, 6.07) is 21.9. The van der Waals surface area contributed by atoms with Crippen LogP contribution >= 0.6 is 11.6 Å². The lowest BCUT2D eigenvalue weighted by Gasteiger charge is -2.38. The molecule has 1 atom stereocenters. The van der Waals surface area contributed by atoms with Crippen molar-refractivity contribution in [1.29, 1.82) is 0 Å². The van der Waals surface area contributed by atoms with Crippen molar-refractivity contribution in [3.63, 3.8) is 0 Å². The van der Waals surface area contributed by atoms with E-state index in [4.69, 9.17) is 26.7 Å². The SMILES string of the molecule is Cc1nn(-c2ccc(Cl)cc2)c2c1[C@H](c1ccccn1)N1C(=N2)C=Cc2ccccc21. The Bertz CT molecular complexity index is 1350. The Labute approximate surface area is 185 Å². The van der Waals surface area contributed by atoms with Crippen LogP contribution in [0.5, 0.6) is 0 Å². The number of halogens is 1. The molecule has 0 radical (unpaired) electrons. The zero-order valence-electron chi connectivity index (χ0n) is 16.8. The fraction of sp³-hybridized carbons (Fsp3) is 0.0800. The van der Waals surface area contributed by atoms with Crippen LogP contribution in [-0.2, 0) is 0 Å². The summed E-state index contributed by atoms with van der Waals surface area (Å²) in [7, 11) is 0. The number of benzene rings is 2. The molecule has 6 heteroatoms. The molecule has 0 bridgehead atoms. The molecule has 0 unspecified atom stereocenters. The molecule has 2 aliphatic heterocycles. The molecule has 150 valence electrons. The average Bonchev–Trinajstić information content (AvgIpc) is 3.14. The second kappa shape index (κ2) is 6.93. The van der Waals surface area contributed by atoms with Gasteiger partial charge in [-0.15, -0.1) is 0 Å². The Hall–Kier alpha value is -3.70. The monoisotopic (exact) mass is 423 g/mol. The average molecular weight is 424 g/mol. The molecular weight excluding hydrogens is 406 g/mol. The minimum Gasteiger partial charge on any atom is -0.312 e. The standard InChI is InChI=1S/C25H18ClN5/c1-16-23-24(20-7-4-5-15-27-20)30-21-8-3-2-6-17(21)9-14-22(30)28-25(23)31(29-16)19-12-10-18(26)11-13-19/h2-15,24H,1H3/t24-/m0/s1. The highest BCUT2D eigenvalue weighted by Gasteiger charge is 2.38. The first-order valence-electron chi connectivity index (χ1n) is 10.1. The molecule has 2 aromatic heterocycles. The smallest absolute Gasteiger partial charge is 0.164 e. The maximum Gasteiger partial charge on any atom is 0.164 e. The summed E-state index contributed by atoms with van der Waals surface area (Å²) in [5, 5.41) is 5.56. The van der Waals surface area contributed by atoms with Crippen molar-refractivity contribution in [3.8, 4) is 5.69 Å². The van der Waals surface area contributed by atoms with Gasteiger partial charge in [-0.2, -0.15) is 5.10 Å². The summed E-state index contributed by atoms with van der Waals surface area (Å²) >= 11 is 6.11.